The molecule has 156 valence electrons. The van der Waals surface area contributed by atoms with Gasteiger partial charge in [0, 0.05) is 16.6 Å². The predicted octanol–water partition coefficient (Wildman–Crippen LogP) is 7.12. The van der Waals surface area contributed by atoms with Crippen molar-refractivity contribution >= 4 is 0 Å². The van der Waals surface area contributed by atoms with Crippen LogP contribution in [0.3, 0.4) is 0 Å². The van der Waals surface area contributed by atoms with Crippen molar-refractivity contribution in [2.45, 2.75) is 70.4 Å². The molecule has 2 aromatic rings. The van der Waals surface area contributed by atoms with Gasteiger partial charge in [-0.25, -0.2) is 8.78 Å². The average Bonchev–Trinajstić information content (AvgIpc) is 2.64. The highest BCUT2D eigenvalue weighted by atomic mass is 19.1. The highest BCUT2D eigenvalue weighted by Gasteiger charge is 2.43. The summed E-state index contributed by atoms with van der Waals surface area (Å²) in [6, 6.07) is 10.4. The zero-order valence-electron chi connectivity index (χ0n) is 18.4. The van der Waals surface area contributed by atoms with Crippen molar-refractivity contribution in [1.82, 2.24) is 4.90 Å². The lowest BCUT2D eigenvalue weighted by atomic mass is 9.71. The first kappa shape index (κ1) is 21.7. The third kappa shape index (κ3) is 4.45. The molecule has 1 fully saturated rings. The molecular formula is C26H33F2N. The molecule has 1 heterocycles. The molecule has 1 aliphatic rings. The van der Waals surface area contributed by atoms with E-state index in [-0.39, 0.29) is 28.6 Å². The molecule has 1 saturated heterocycles. The van der Waals surface area contributed by atoms with Crippen LogP contribution in [0.1, 0.15) is 64.0 Å². The van der Waals surface area contributed by atoms with E-state index < -0.39 is 0 Å². The summed E-state index contributed by atoms with van der Waals surface area (Å²) in [6.45, 7) is 12.6. The van der Waals surface area contributed by atoms with Crippen LogP contribution in [-0.2, 0) is 6.42 Å². The third-order valence-electron chi connectivity index (χ3n) is 6.73. The average molecular weight is 398 g/mol. The van der Waals surface area contributed by atoms with Gasteiger partial charge in [-0.15, -0.1) is 6.58 Å². The van der Waals surface area contributed by atoms with Crippen molar-refractivity contribution < 1.29 is 8.78 Å². The summed E-state index contributed by atoms with van der Waals surface area (Å²) < 4.78 is 29.8. The van der Waals surface area contributed by atoms with Crippen molar-refractivity contribution in [2.75, 3.05) is 7.05 Å². The molecule has 29 heavy (non-hydrogen) atoms. The molecule has 0 unspecified atom stereocenters. The number of hydrogen-bond acceptors (Lipinski definition) is 1. The van der Waals surface area contributed by atoms with Gasteiger partial charge in [0.15, 0.2) is 0 Å². The maximum Gasteiger partial charge on any atom is 0.131 e. The predicted molar refractivity (Wildman–Crippen MR) is 118 cm³/mol. The zero-order valence-corrected chi connectivity index (χ0v) is 18.4. The minimum atomic E-state index is -0.305. The summed E-state index contributed by atoms with van der Waals surface area (Å²) in [5, 5.41) is 0. The monoisotopic (exact) mass is 397 g/mol. The van der Waals surface area contributed by atoms with E-state index in [0.717, 1.165) is 36.8 Å². The summed E-state index contributed by atoms with van der Waals surface area (Å²) in [7, 11) is 2.15. The molecule has 0 aromatic heterocycles. The molecule has 1 aliphatic heterocycles. The molecule has 0 saturated carbocycles. The molecule has 3 rings (SSSR count). The molecule has 0 spiro atoms. The number of benzene rings is 2. The number of likely N-dealkylation sites (tertiary alicyclic amines) is 1. The van der Waals surface area contributed by atoms with Gasteiger partial charge in [0.05, 0.1) is 0 Å². The smallest absolute Gasteiger partial charge is 0.131 e. The molecule has 3 heteroatoms. The van der Waals surface area contributed by atoms with Crippen LogP contribution in [0.4, 0.5) is 8.78 Å². The van der Waals surface area contributed by atoms with Gasteiger partial charge in [-0.2, -0.15) is 0 Å². The summed E-state index contributed by atoms with van der Waals surface area (Å²) in [4.78, 5) is 2.39. The van der Waals surface area contributed by atoms with Crippen LogP contribution in [0, 0.1) is 11.6 Å². The van der Waals surface area contributed by atoms with E-state index in [4.69, 9.17) is 0 Å². The van der Waals surface area contributed by atoms with Crippen molar-refractivity contribution in [2.24, 2.45) is 0 Å². The fourth-order valence-electron chi connectivity index (χ4n) is 4.83. The van der Waals surface area contributed by atoms with Crippen molar-refractivity contribution in [3.8, 4) is 11.1 Å². The Balaban J connectivity index is 1.89. The van der Waals surface area contributed by atoms with E-state index in [9.17, 15) is 4.39 Å². The first-order chi connectivity index (χ1) is 13.5. The Kier molecular flexibility index (Phi) is 6.01. The molecule has 0 aliphatic carbocycles. The Morgan fingerprint density at radius 3 is 2.21 bits per heavy atom. The van der Waals surface area contributed by atoms with Gasteiger partial charge in [0.1, 0.15) is 11.6 Å². The molecule has 0 bridgehead atoms. The standard InChI is InChI=1S/C26H33F2N/c1-7-8-9-18-10-12-21(23(27)14-18)19-11-13-22(24(28)15-19)20-16-25(2,3)29(6)26(4,5)17-20/h7,10-15,20H,1,8-9,16-17H2,2-6H3. The van der Waals surface area contributed by atoms with Gasteiger partial charge in [0.25, 0.3) is 0 Å². The normalized spacial score (nSPS) is 19.3. The lowest BCUT2D eigenvalue weighted by Crippen LogP contribution is -2.58. The lowest BCUT2D eigenvalue weighted by molar-refractivity contribution is -0.0133. The quantitative estimate of drug-likeness (QED) is 0.486. The largest absolute Gasteiger partial charge is 0.296 e. The van der Waals surface area contributed by atoms with E-state index in [1.807, 2.05) is 24.3 Å². The Morgan fingerprint density at radius 1 is 1.00 bits per heavy atom. The van der Waals surface area contributed by atoms with Gasteiger partial charge >= 0.3 is 0 Å². The van der Waals surface area contributed by atoms with Crippen LogP contribution in [-0.4, -0.2) is 23.0 Å². The fourth-order valence-corrected chi connectivity index (χ4v) is 4.83. The molecule has 2 aromatic carbocycles. The molecule has 0 amide bonds. The molecule has 0 N–H and O–H groups in total. The van der Waals surface area contributed by atoms with Crippen LogP contribution < -0.4 is 0 Å². The van der Waals surface area contributed by atoms with E-state index in [0.29, 0.717) is 11.1 Å². The number of piperidine rings is 1. The lowest BCUT2D eigenvalue weighted by Gasteiger charge is -2.54. The van der Waals surface area contributed by atoms with E-state index >= 15 is 4.39 Å². The summed E-state index contributed by atoms with van der Waals surface area (Å²) in [5.41, 5.74) is 2.69. The molecule has 1 nitrogen and oxygen atoms in total. The Morgan fingerprint density at radius 2 is 1.66 bits per heavy atom. The second-order valence-electron chi connectivity index (χ2n) is 9.67. The summed E-state index contributed by atoms with van der Waals surface area (Å²) in [5.74, 6) is -0.393. The maximum absolute atomic E-state index is 15.2. The SMILES string of the molecule is C=CCCc1ccc(-c2ccc(C3CC(C)(C)N(C)C(C)(C)C3)c(F)c2)c(F)c1. The van der Waals surface area contributed by atoms with Crippen molar-refractivity contribution in [1.29, 1.82) is 0 Å². The number of allylic oxidation sites excluding steroid dienone is 1. The van der Waals surface area contributed by atoms with Crippen molar-refractivity contribution in [3.63, 3.8) is 0 Å². The Bertz CT molecular complexity index is 880. The topological polar surface area (TPSA) is 3.24 Å². The van der Waals surface area contributed by atoms with Crippen LogP contribution in [0.2, 0.25) is 0 Å². The maximum atomic E-state index is 15.2. The van der Waals surface area contributed by atoms with E-state index in [1.54, 1.807) is 12.1 Å². The van der Waals surface area contributed by atoms with Crippen molar-refractivity contribution in [3.05, 3.63) is 71.8 Å². The molecule has 0 radical (unpaired) electrons. The van der Waals surface area contributed by atoms with E-state index in [1.165, 1.54) is 6.07 Å². The highest BCUT2D eigenvalue weighted by Crippen LogP contribution is 2.45. The third-order valence-corrected chi connectivity index (χ3v) is 6.73. The number of nitrogens with zero attached hydrogens (tertiary/aromatic N) is 1. The first-order valence-corrected chi connectivity index (χ1v) is 10.5. The van der Waals surface area contributed by atoms with Crippen LogP contribution in [0.25, 0.3) is 11.1 Å². The minimum absolute atomic E-state index is 0.00902. The molecular weight excluding hydrogens is 364 g/mol. The molecule has 0 atom stereocenters. The van der Waals surface area contributed by atoms with Gasteiger partial charge in [0.2, 0.25) is 0 Å². The van der Waals surface area contributed by atoms with Gasteiger partial charge in [-0.05, 0) is 95.2 Å². The van der Waals surface area contributed by atoms with Crippen LogP contribution in [0.5, 0.6) is 0 Å². The minimum Gasteiger partial charge on any atom is -0.296 e. The fraction of sp³-hybridized carbons (Fsp3) is 0.462. The first-order valence-electron chi connectivity index (χ1n) is 10.5. The number of rotatable bonds is 5. The number of aryl methyl sites for hydroxylation is 1. The number of halogens is 2. The second kappa shape index (κ2) is 8.02. The zero-order chi connectivity index (χ0) is 21.4. The summed E-state index contributed by atoms with van der Waals surface area (Å²) >= 11 is 0. The van der Waals surface area contributed by atoms with Gasteiger partial charge in [-0.1, -0.05) is 30.3 Å². The Labute approximate surface area is 174 Å². The van der Waals surface area contributed by atoms with E-state index in [2.05, 4.69) is 46.2 Å². The van der Waals surface area contributed by atoms with Crippen LogP contribution >= 0.6 is 0 Å². The van der Waals surface area contributed by atoms with Gasteiger partial charge in [-0.3, -0.25) is 4.90 Å². The van der Waals surface area contributed by atoms with Crippen LogP contribution in [0.15, 0.2) is 49.1 Å². The number of hydrogen-bond donors (Lipinski definition) is 0. The second-order valence-corrected chi connectivity index (χ2v) is 9.67. The summed E-state index contributed by atoms with van der Waals surface area (Å²) in [6.07, 6.45) is 5.19. The highest BCUT2D eigenvalue weighted by molar-refractivity contribution is 5.65. The van der Waals surface area contributed by atoms with Gasteiger partial charge < -0.3 is 0 Å². The Hall–Kier alpha value is -2.00.